The molecule has 1 heterocycles. The zero-order chi connectivity index (χ0) is 11.4. The van der Waals surface area contributed by atoms with Gasteiger partial charge in [-0.2, -0.15) is 5.10 Å². The summed E-state index contributed by atoms with van der Waals surface area (Å²) in [5.74, 6) is 0. The molecule has 0 spiro atoms. The molecule has 3 nitrogen and oxygen atoms in total. The van der Waals surface area contributed by atoms with E-state index in [2.05, 4.69) is 5.10 Å². The largest absolute Gasteiger partial charge is 0.330 e. The lowest BCUT2D eigenvalue weighted by Gasteiger charge is -2.00. The third-order valence-electron chi connectivity index (χ3n) is 2.41. The molecule has 17 heavy (non-hydrogen) atoms. The molecule has 0 aliphatic carbocycles. The Morgan fingerprint density at radius 3 is 2.76 bits per heavy atom. The highest BCUT2D eigenvalue weighted by Gasteiger charge is 2.04. The van der Waals surface area contributed by atoms with Crippen molar-refractivity contribution in [2.24, 2.45) is 5.73 Å². The number of hydrogen-bond acceptors (Lipinski definition) is 2. The summed E-state index contributed by atoms with van der Waals surface area (Å²) in [6.45, 7) is 1.53. The van der Waals surface area contributed by atoms with Crippen LogP contribution in [0, 0.1) is 0 Å². The molecule has 5 heteroatoms. The summed E-state index contributed by atoms with van der Waals surface area (Å²) in [5, 5.41) is 5.02. The number of rotatable bonds is 4. The minimum atomic E-state index is 0. The first kappa shape index (κ1) is 14.0. The lowest BCUT2D eigenvalue weighted by molar-refractivity contribution is 0.585. The third-order valence-corrected chi connectivity index (χ3v) is 2.74. The molecule has 0 amide bonds. The molecule has 2 aromatic rings. The van der Waals surface area contributed by atoms with Crippen LogP contribution in [0.5, 0.6) is 0 Å². The van der Waals surface area contributed by atoms with Gasteiger partial charge in [-0.15, -0.1) is 12.4 Å². The first-order chi connectivity index (χ1) is 7.81. The Morgan fingerprint density at radius 1 is 1.29 bits per heavy atom. The fourth-order valence-electron chi connectivity index (χ4n) is 1.57. The number of aromatic nitrogens is 2. The summed E-state index contributed by atoms with van der Waals surface area (Å²) in [6, 6.07) is 7.77. The van der Waals surface area contributed by atoms with Gasteiger partial charge < -0.3 is 5.73 Å². The van der Waals surface area contributed by atoms with Crippen molar-refractivity contribution < 1.29 is 0 Å². The van der Waals surface area contributed by atoms with Crippen LogP contribution in [0.15, 0.2) is 36.7 Å². The quantitative estimate of drug-likeness (QED) is 0.929. The van der Waals surface area contributed by atoms with Crippen LogP contribution in [-0.2, 0) is 6.54 Å². The molecule has 0 atom stereocenters. The van der Waals surface area contributed by atoms with E-state index < -0.39 is 0 Å². The highest BCUT2D eigenvalue weighted by Crippen LogP contribution is 2.26. The Morgan fingerprint density at radius 2 is 2.06 bits per heavy atom. The van der Waals surface area contributed by atoms with E-state index >= 15 is 0 Å². The Labute approximate surface area is 112 Å². The monoisotopic (exact) mass is 271 g/mol. The second-order valence-corrected chi connectivity index (χ2v) is 4.02. The topological polar surface area (TPSA) is 43.8 Å². The molecule has 1 aromatic carbocycles. The van der Waals surface area contributed by atoms with Crippen LogP contribution in [0.3, 0.4) is 0 Å². The maximum atomic E-state index is 6.12. The molecule has 0 aliphatic rings. The van der Waals surface area contributed by atoms with Gasteiger partial charge in [0.25, 0.3) is 0 Å². The zero-order valence-corrected chi connectivity index (χ0v) is 10.9. The summed E-state index contributed by atoms with van der Waals surface area (Å²) in [4.78, 5) is 0. The van der Waals surface area contributed by atoms with E-state index in [1.165, 1.54) is 0 Å². The lowest BCUT2D eigenvalue weighted by Crippen LogP contribution is -2.05. The highest BCUT2D eigenvalue weighted by molar-refractivity contribution is 6.33. The number of halogens is 2. The standard InChI is InChI=1S/C12H14ClN3.ClH/c13-12-5-2-1-4-11(12)10-8-15-16(9-10)7-3-6-14;/h1-2,4-5,8-9H,3,6-7,14H2;1H. The average Bonchev–Trinajstić information content (AvgIpc) is 2.75. The van der Waals surface area contributed by atoms with Crippen LogP contribution in [-0.4, -0.2) is 16.3 Å². The van der Waals surface area contributed by atoms with Gasteiger partial charge in [-0.3, -0.25) is 4.68 Å². The second-order valence-electron chi connectivity index (χ2n) is 3.61. The van der Waals surface area contributed by atoms with Crippen molar-refractivity contribution in [2.75, 3.05) is 6.54 Å². The molecular formula is C12H15Cl2N3. The molecule has 0 bridgehead atoms. The number of nitrogens with two attached hydrogens (primary N) is 1. The first-order valence-electron chi connectivity index (χ1n) is 5.28. The molecule has 0 aliphatic heterocycles. The van der Waals surface area contributed by atoms with Gasteiger partial charge in [0.05, 0.1) is 6.20 Å². The predicted molar refractivity (Wildman–Crippen MR) is 73.6 cm³/mol. The van der Waals surface area contributed by atoms with E-state index in [1.807, 2.05) is 41.3 Å². The van der Waals surface area contributed by atoms with Crippen molar-refractivity contribution >= 4 is 24.0 Å². The van der Waals surface area contributed by atoms with Gasteiger partial charge in [0.15, 0.2) is 0 Å². The van der Waals surface area contributed by atoms with E-state index in [1.54, 1.807) is 0 Å². The second kappa shape index (κ2) is 6.64. The van der Waals surface area contributed by atoms with Crippen molar-refractivity contribution in [3.05, 3.63) is 41.7 Å². The van der Waals surface area contributed by atoms with Crippen molar-refractivity contribution in [2.45, 2.75) is 13.0 Å². The fourth-order valence-corrected chi connectivity index (χ4v) is 1.82. The maximum Gasteiger partial charge on any atom is 0.0568 e. The van der Waals surface area contributed by atoms with Crippen LogP contribution in [0.25, 0.3) is 11.1 Å². The van der Waals surface area contributed by atoms with Gasteiger partial charge in [-0.05, 0) is 19.0 Å². The van der Waals surface area contributed by atoms with Crippen molar-refractivity contribution in [1.29, 1.82) is 0 Å². The number of aryl methyl sites for hydroxylation is 1. The molecule has 2 rings (SSSR count). The summed E-state index contributed by atoms with van der Waals surface area (Å²) in [7, 11) is 0. The Balaban J connectivity index is 0.00000144. The molecule has 0 unspecified atom stereocenters. The van der Waals surface area contributed by atoms with E-state index in [-0.39, 0.29) is 12.4 Å². The SMILES string of the molecule is Cl.NCCCn1cc(-c2ccccc2Cl)cn1. The molecule has 1 aromatic heterocycles. The minimum absolute atomic E-state index is 0. The van der Waals surface area contributed by atoms with Gasteiger partial charge in [0.1, 0.15) is 0 Å². The van der Waals surface area contributed by atoms with Gasteiger partial charge >= 0.3 is 0 Å². The zero-order valence-electron chi connectivity index (χ0n) is 9.34. The Hall–Kier alpha value is -1.03. The lowest BCUT2D eigenvalue weighted by atomic mass is 10.1. The summed E-state index contributed by atoms with van der Waals surface area (Å²) < 4.78 is 1.89. The van der Waals surface area contributed by atoms with E-state index in [0.29, 0.717) is 6.54 Å². The van der Waals surface area contributed by atoms with Crippen LogP contribution < -0.4 is 5.73 Å². The first-order valence-corrected chi connectivity index (χ1v) is 5.66. The van der Waals surface area contributed by atoms with Crippen LogP contribution in [0.1, 0.15) is 6.42 Å². The normalized spacial score (nSPS) is 10.0. The van der Waals surface area contributed by atoms with Crippen molar-refractivity contribution in [3.63, 3.8) is 0 Å². The molecule has 0 fully saturated rings. The molecule has 0 radical (unpaired) electrons. The van der Waals surface area contributed by atoms with E-state index in [9.17, 15) is 0 Å². The summed E-state index contributed by atoms with van der Waals surface area (Å²) >= 11 is 6.12. The van der Waals surface area contributed by atoms with Crippen molar-refractivity contribution in [3.8, 4) is 11.1 Å². The Bertz CT molecular complexity index is 468. The van der Waals surface area contributed by atoms with Gasteiger partial charge in [-0.1, -0.05) is 29.8 Å². The van der Waals surface area contributed by atoms with Crippen LogP contribution in [0.4, 0.5) is 0 Å². The summed E-state index contributed by atoms with van der Waals surface area (Å²) in [6.07, 6.45) is 4.76. The van der Waals surface area contributed by atoms with Crippen LogP contribution >= 0.6 is 24.0 Å². The van der Waals surface area contributed by atoms with Gasteiger partial charge in [0, 0.05) is 28.9 Å². The number of nitrogens with zero attached hydrogens (tertiary/aromatic N) is 2. The summed E-state index contributed by atoms with van der Waals surface area (Å²) in [5.41, 5.74) is 7.52. The Kier molecular flexibility index (Phi) is 5.48. The minimum Gasteiger partial charge on any atom is -0.330 e. The molecule has 2 N–H and O–H groups in total. The van der Waals surface area contributed by atoms with Crippen molar-refractivity contribution in [1.82, 2.24) is 9.78 Å². The predicted octanol–water partition coefficient (Wildman–Crippen LogP) is 2.97. The van der Waals surface area contributed by atoms with E-state index in [4.69, 9.17) is 17.3 Å². The number of hydrogen-bond donors (Lipinski definition) is 1. The maximum absolute atomic E-state index is 6.12. The average molecular weight is 272 g/mol. The van der Waals surface area contributed by atoms with Gasteiger partial charge in [-0.25, -0.2) is 0 Å². The number of benzene rings is 1. The molecule has 0 saturated heterocycles. The smallest absolute Gasteiger partial charge is 0.0568 e. The van der Waals surface area contributed by atoms with Gasteiger partial charge in [0.2, 0.25) is 0 Å². The fraction of sp³-hybridized carbons (Fsp3) is 0.250. The molecule has 0 saturated carbocycles. The van der Waals surface area contributed by atoms with Crippen LogP contribution in [0.2, 0.25) is 5.02 Å². The third kappa shape index (κ3) is 3.46. The van der Waals surface area contributed by atoms with E-state index in [0.717, 1.165) is 29.1 Å². The highest BCUT2D eigenvalue weighted by atomic mass is 35.5. The molecular weight excluding hydrogens is 257 g/mol. The molecule has 92 valence electrons.